The van der Waals surface area contributed by atoms with Crippen molar-refractivity contribution in [1.82, 2.24) is 0 Å². The monoisotopic (exact) mass is 241 g/mol. The highest BCUT2D eigenvalue weighted by Crippen LogP contribution is 2.12. The molecule has 2 N–H and O–H groups in total. The largest absolute Gasteiger partial charge is 0.389 e. The molecule has 0 aliphatic heterocycles. The number of thiocarbonyl (C=S) groups is 1. The predicted octanol–water partition coefficient (Wildman–Crippen LogP) is 2.63. The first-order valence-electron chi connectivity index (χ1n) is 5.16. The number of rotatable bonds is 5. The molecular formula is C12H16FNOS. The second-order valence-corrected chi connectivity index (χ2v) is 4.52. The van der Waals surface area contributed by atoms with Crippen molar-refractivity contribution in [3.8, 4) is 0 Å². The van der Waals surface area contributed by atoms with Crippen LogP contribution in [0.25, 0.3) is 0 Å². The SMILES string of the molecule is CC(C)COCc1cc(C(N)=S)ccc1F. The summed E-state index contributed by atoms with van der Waals surface area (Å²) < 4.78 is 18.8. The highest BCUT2D eigenvalue weighted by atomic mass is 32.1. The predicted molar refractivity (Wildman–Crippen MR) is 66.8 cm³/mol. The molecule has 88 valence electrons. The lowest BCUT2D eigenvalue weighted by Gasteiger charge is -2.09. The van der Waals surface area contributed by atoms with Gasteiger partial charge in [-0.1, -0.05) is 26.1 Å². The fourth-order valence-corrected chi connectivity index (χ4v) is 1.37. The molecule has 1 aromatic carbocycles. The Morgan fingerprint density at radius 3 is 2.75 bits per heavy atom. The number of ether oxygens (including phenoxy) is 1. The zero-order valence-corrected chi connectivity index (χ0v) is 10.3. The van der Waals surface area contributed by atoms with Crippen molar-refractivity contribution in [2.24, 2.45) is 11.7 Å². The maximum absolute atomic E-state index is 13.4. The van der Waals surface area contributed by atoms with Crippen LogP contribution in [0, 0.1) is 11.7 Å². The van der Waals surface area contributed by atoms with E-state index in [0.717, 1.165) is 0 Å². The molecule has 0 heterocycles. The Bertz CT molecular complexity index is 379. The van der Waals surface area contributed by atoms with Crippen molar-refractivity contribution < 1.29 is 9.13 Å². The smallest absolute Gasteiger partial charge is 0.128 e. The molecule has 0 saturated heterocycles. The van der Waals surface area contributed by atoms with E-state index in [-0.39, 0.29) is 17.4 Å². The molecule has 0 aromatic heterocycles. The van der Waals surface area contributed by atoms with E-state index >= 15 is 0 Å². The van der Waals surface area contributed by atoms with Crippen LogP contribution in [0.15, 0.2) is 18.2 Å². The lowest BCUT2D eigenvalue weighted by Crippen LogP contribution is -2.11. The van der Waals surface area contributed by atoms with Gasteiger partial charge in [-0.15, -0.1) is 0 Å². The summed E-state index contributed by atoms with van der Waals surface area (Å²) in [5.74, 6) is 0.144. The van der Waals surface area contributed by atoms with Gasteiger partial charge in [-0.05, 0) is 24.1 Å². The second-order valence-electron chi connectivity index (χ2n) is 4.08. The average Bonchev–Trinajstić information content (AvgIpc) is 2.20. The minimum atomic E-state index is -0.288. The molecule has 16 heavy (non-hydrogen) atoms. The van der Waals surface area contributed by atoms with E-state index in [4.69, 9.17) is 22.7 Å². The summed E-state index contributed by atoms with van der Waals surface area (Å²) in [6, 6.07) is 4.57. The van der Waals surface area contributed by atoms with Gasteiger partial charge in [-0.2, -0.15) is 0 Å². The molecule has 0 unspecified atom stereocenters. The van der Waals surface area contributed by atoms with Gasteiger partial charge < -0.3 is 10.5 Å². The third kappa shape index (κ3) is 3.87. The number of benzene rings is 1. The topological polar surface area (TPSA) is 35.2 Å². The first kappa shape index (κ1) is 13.1. The fraction of sp³-hybridized carbons (Fsp3) is 0.417. The molecule has 0 atom stereocenters. The summed E-state index contributed by atoms with van der Waals surface area (Å²) in [5.41, 5.74) is 6.64. The summed E-state index contributed by atoms with van der Waals surface area (Å²) in [7, 11) is 0. The van der Waals surface area contributed by atoms with Gasteiger partial charge in [0, 0.05) is 17.7 Å². The zero-order valence-electron chi connectivity index (χ0n) is 9.50. The molecule has 0 saturated carbocycles. The first-order chi connectivity index (χ1) is 7.50. The van der Waals surface area contributed by atoms with Crippen LogP contribution in [0.5, 0.6) is 0 Å². The van der Waals surface area contributed by atoms with E-state index in [2.05, 4.69) is 0 Å². The molecule has 0 aliphatic rings. The summed E-state index contributed by atoms with van der Waals surface area (Å²) in [6.07, 6.45) is 0. The Balaban J connectivity index is 2.70. The number of halogens is 1. The van der Waals surface area contributed by atoms with Crippen LogP contribution in [0.1, 0.15) is 25.0 Å². The van der Waals surface area contributed by atoms with Crippen LogP contribution in [0.4, 0.5) is 4.39 Å². The lowest BCUT2D eigenvalue weighted by atomic mass is 10.1. The number of hydrogen-bond acceptors (Lipinski definition) is 2. The van der Waals surface area contributed by atoms with E-state index in [1.54, 1.807) is 12.1 Å². The normalized spacial score (nSPS) is 10.8. The first-order valence-corrected chi connectivity index (χ1v) is 5.57. The van der Waals surface area contributed by atoms with Gasteiger partial charge in [-0.25, -0.2) is 4.39 Å². The van der Waals surface area contributed by atoms with E-state index in [9.17, 15) is 4.39 Å². The maximum atomic E-state index is 13.4. The lowest BCUT2D eigenvalue weighted by molar-refractivity contribution is 0.0950. The number of nitrogens with two attached hydrogens (primary N) is 1. The Morgan fingerprint density at radius 2 is 2.19 bits per heavy atom. The van der Waals surface area contributed by atoms with Crippen LogP contribution in [0.3, 0.4) is 0 Å². The average molecular weight is 241 g/mol. The molecule has 0 spiro atoms. The van der Waals surface area contributed by atoms with Crippen LogP contribution < -0.4 is 5.73 Å². The molecule has 2 nitrogen and oxygen atoms in total. The summed E-state index contributed by atoms with van der Waals surface area (Å²) in [4.78, 5) is 0.269. The van der Waals surface area contributed by atoms with E-state index < -0.39 is 0 Å². The van der Waals surface area contributed by atoms with Gasteiger partial charge >= 0.3 is 0 Å². The summed E-state index contributed by atoms with van der Waals surface area (Å²) in [5, 5.41) is 0. The zero-order chi connectivity index (χ0) is 12.1. The molecule has 4 heteroatoms. The van der Waals surface area contributed by atoms with Crippen molar-refractivity contribution in [1.29, 1.82) is 0 Å². The maximum Gasteiger partial charge on any atom is 0.128 e. The molecule has 0 aliphatic carbocycles. The Kier molecular flexibility index (Phi) is 4.83. The molecule has 0 fully saturated rings. The summed E-state index contributed by atoms with van der Waals surface area (Å²) in [6.45, 7) is 4.95. The van der Waals surface area contributed by atoms with Crippen molar-refractivity contribution in [3.63, 3.8) is 0 Å². The van der Waals surface area contributed by atoms with Crippen molar-refractivity contribution in [2.45, 2.75) is 20.5 Å². The highest BCUT2D eigenvalue weighted by Gasteiger charge is 2.06. The minimum Gasteiger partial charge on any atom is -0.389 e. The minimum absolute atomic E-state index is 0.250. The Morgan fingerprint density at radius 1 is 1.50 bits per heavy atom. The van der Waals surface area contributed by atoms with Gasteiger partial charge in [0.2, 0.25) is 0 Å². The van der Waals surface area contributed by atoms with Gasteiger partial charge in [-0.3, -0.25) is 0 Å². The van der Waals surface area contributed by atoms with E-state index in [1.165, 1.54) is 6.07 Å². The van der Waals surface area contributed by atoms with Crippen molar-refractivity contribution in [3.05, 3.63) is 35.1 Å². The highest BCUT2D eigenvalue weighted by molar-refractivity contribution is 7.80. The Labute approximate surface area is 101 Å². The Hall–Kier alpha value is -1.00. The van der Waals surface area contributed by atoms with Gasteiger partial charge in [0.1, 0.15) is 10.8 Å². The molecular weight excluding hydrogens is 225 g/mol. The fourth-order valence-electron chi connectivity index (χ4n) is 1.24. The number of hydrogen-bond donors (Lipinski definition) is 1. The third-order valence-corrected chi connectivity index (χ3v) is 2.27. The molecule has 0 bridgehead atoms. The van der Waals surface area contributed by atoms with Crippen LogP contribution >= 0.6 is 12.2 Å². The van der Waals surface area contributed by atoms with Crippen molar-refractivity contribution >= 4 is 17.2 Å². The summed E-state index contributed by atoms with van der Waals surface area (Å²) >= 11 is 4.83. The molecule has 1 aromatic rings. The second kappa shape index (κ2) is 5.92. The van der Waals surface area contributed by atoms with E-state index in [0.29, 0.717) is 23.7 Å². The van der Waals surface area contributed by atoms with Crippen LogP contribution in [-0.2, 0) is 11.3 Å². The van der Waals surface area contributed by atoms with Crippen LogP contribution in [-0.4, -0.2) is 11.6 Å². The molecule has 0 amide bonds. The van der Waals surface area contributed by atoms with Crippen molar-refractivity contribution in [2.75, 3.05) is 6.61 Å². The van der Waals surface area contributed by atoms with Gasteiger partial charge in [0.25, 0.3) is 0 Å². The van der Waals surface area contributed by atoms with Gasteiger partial charge in [0.15, 0.2) is 0 Å². The van der Waals surface area contributed by atoms with E-state index in [1.807, 2.05) is 13.8 Å². The van der Waals surface area contributed by atoms with Gasteiger partial charge in [0.05, 0.1) is 6.61 Å². The van der Waals surface area contributed by atoms with Crippen LogP contribution in [0.2, 0.25) is 0 Å². The molecule has 0 radical (unpaired) electrons. The molecule has 1 rings (SSSR count). The quantitative estimate of drug-likeness (QED) is 0.805. The third-order valence-electron chi connectivity index (χ3n) is 2.04. The standard InChI is InChI=1S/C12H16FNOS/c1-8(2)6-15-7-10-5-9(12(14)16)3-4-11(10)13/h3-5,8H,6-7H2,1-2H3,(H2,14,16).